The van der Waals surface area contributed by atoms with Crippen LogP contribution in [-0.4, -0.2) is 19.7 Å². The first kappa shape index (κ1) is 10.6. The van der Waals surface area contributed by atoms with Gasteiger partial charge in [0.2, 0.25) is 0 Å². The minimum absolute atomic E-state index is 0.220. The number of rotatable bonds is 3. The van der Waals surface area contributed by atoms with E-state index in [1.54, 1.807) is 12.1 Å². The standard InChI is InChI=1S/C10H10ClF2NO/c11-7-1-2-9(15-10(12)13)8(3-7)6-4-14-5-6/h1-3,6,10,14H,4-5H2. The molecule has 1 saturated heterocycles. The number of nitrogens with one attached hydrogen (secondary N) is 1. The quantitative estimate of drug-likeness (QED) is 0.867. The predicted molar refractivity (Wildman–Crippen MR) is 53.7 cm³/mol. The molecule has 1 aliphatic heterocycles. The van der Waals surface area contributed by atoms with Crippen LogP contribution in [0, 0.1) is 0 Å². The lowest BCUT2D eigenvalue weighted by atomic mass is 9.93. The van der Waals surface area contributed by atoms with Gasteiger partial charge in [0.15, 0.2) is 0 Å². The van der Waals surface area contributed by atoms with Gasteiger partial charge in [0.05, 0.1) is 0 Å². The van der Waals surface area contributed by atoms with Crippen molar-refractivity contribution in [2.24, 2.45) is 0 Å². The average molecular weight is 234 g/mol. The number of benzene rings is 1. The molecule has 1 heterocycles. The van der Waals surface area contributed by atoms with Crippen molar-refractivity contribution in [2.75, 3.05) is 13.1 Å². The minimum atomic E-state index is -2.79. The monoisotopic (exact) mass is 233 g/mol. The largest absolute Gasteiger partial charge is 0.435 e. The Morgan fingerprint density at radius 3 is 2.67 bits per heavy atom. The maximum atomic E-state index is 12.1. The van der Waals surface area contributed by atoms with Crippen molar-refractivity contribution in [2.45, 2.75) is 12.5 Å². The van der Waals surface area contributed by atoms with Crippen LogP contribution in [0.4, 0.5) is 8.78 Å². The summed E-state index contributed by atoms with van der Waals surface area (Å²) in [6.45, 7) is -1.24. The molecule has 0 aliphatic carbocycles. The summed E-state index contributed by atoms with van der Waals surface area (Å²) in [7, 11) is 0. The Morgan fingerprint density at radius 1 is 1.40 bits per heavy atom. The summed E-state index contributed by atoms with van der Waals surface area (Å²) in [5, 5.41) is 3.61. The second-order valence-corrected chi connectivity index (χ2v) is 3.85. The van der Waals surface area contributed by atoms with Gasteiger partial charge in [0.1, 0.15) is 5.75 Å². The Kier molecular flexibility index (Phi) is 3.07. The van der Waals surface area contributed by atoms with Crippen LogP contribution in [0.2, 0.25) is 5.02 Å². The topological polar surface area (TPSA) is 21.3 Å². The van der Waals surface area contributed by atoms with Gasteiger partial charge < -0.3 is 10.1 Å². The molecular formula is C10H10ClF2NO. The van der Waals surface area contributed by atoms with E-state index in [4.69, 9.17) is 11.6 Å². The first-order valence-corrected chi connectivity index (χ1v) is 4.99. The Labute approximate surface area is 91.2 Å². The van der Waals surface area contributed by atoms with Crippen molar-refractivity contribution in [3.63, 3.8) is 0 Å². The molecule has 0 unspecified atom stereocenters. The summed E-state index contributed by atoms with van der Waals surface area (Å²) in [4.78, 5) is 0. The van der Waals surface area contributed by atoms with Gasteiger partial charge in [0.25, 0.3) is 0 Å². The Morgan fingerprint density at radius 2 is 2.13 bits per heavy atom. The molecule has 0 spiro atoms. The van der Waals surface area contributed by atoms with Gasteiger partial charge in [-0.2, -0.15) is 8.78 Å². The fourth-order valence-corrected chi connectivity index (χ4v) is 1.73. The molecule has 0 bridgehead atoms. The third-order valence-corrected chi connectivity index (χ3v) is 2.64. The number of hydrogen-bond donors (Lipinski definition) is 1. The molecule has 2 rings (SSSR count). The van der Waals surface area contributed by atoms with Crippen LogP contribution in [0.5, 0.6) is 5.75 Å². The predicted octanol–water partition coefficient (Wildman–Crippen LogP) is 2.63. The van der Waals surface area contributed by atoms with E-state index in [0.29, 0.717) is 5.02 Å². The highest BCUT2D eigenvalue weighted by Crippen LogP contribution is 2.32. The molecule has 1 aliphatic rings. The highest BCUT2D eigenvalue weighted by atomic mass is 35.5. The van der Waals surface area contributed by atoms with Crippen LogP contribution in [0.1, 0.15) is 11.5 Å². The van der Waals surface area contributed by atoms with Crippen LogP contribution in [-0.2, 0) is 0 Å². The van der Waals surface area contributed by atoms with Crippen molar-refractivity contribution < 1.29 is 13.5 Å². The summed E-state index contributed by atoms with van der Waals surface area (Å²) in [5.74, 6) is 0.443. The molecule has 0 amide bonds. The van der Waals surface area contributed by atoms with Crippen LogP contribution < -0.4 is 10.1 Å². The fourth-order valence-electron chi connectivity index (χ4n) is 1.55. The molecule has 1 aromatic rings. The normalized spacial score (nSPS) is 16.5. The van der Waals surface area contributed by atoms with Gasteiger partial charge in [-0.05, 0) is 18.2 Å². The Hall–Kier alpha value is -0.870. The lowest BCUT2D eigenvalue weighted by molar-refractivity contribution is -0.0507. The molecule has 0 saturated carbocycles. The van der Waals surface area contributed by atoms with Gasteiger partial charge >= 0.3 is 6.61 Å². The summed E-state index contributed by atoms with van der Waals surface area (Å²) >= 11 is 5.82. The van der Waals surface area contributed by atoms with Crippen LogP contribution in [0.25, 0.3) is 0 Å². The first-order valence-electron chi connectivity index (χ1n) is 4.62. The van der Waals surface area contributed by atoms with E-state index in [1.807, 2.05) is 0 Å². The zero-order valence-electron chi connectivity index (χ0n) is 7.84. The van der Waals surface area contributed by atoms with Gasteiger partial charge in [-0.15, -0.1) is 0 Å². The third kappa shape index (κ3) is 2.38. The van der Waals surface area contributed by atoms with Crippen molar-refractivity contribution in [3.05, 3.63) is 28.8 Å². The molecule has 82 valence electrons. The molecule has 1 aromatic carbocycles. The van der Waals surface area contributed by atoms with E-state index in [0.717, 1.165) is 18.7 Å². The maximum absolute atomic E-state index is 12.1. The number of halogens is 3. The van der Waals surface area contributed by atoms with Crippen molar-refractivity contribution in [3.8, 4) is 5.75 Å². The summed E-state index contributed by atoms with van der Waals surface area (Å²) in [6, 6.07) is 4.72. The van der Waals surface area contributed by atoms with E-state index >= 15 is 0 Å². The van der Waals surface area contributed by atoms with E-state index in [2.05, 4.69) is 10.1 Å². The second-order valence-electron chi connectivity index (χ2n) is 3.42. The second kappa shape index (κ2) is 4.33. The Bertz CT molecular complexity index is 355. The third-order valence-electron chi connectivity index (χ3n) is 2.41. The molecule has 2 nitrogen and oxygen atoms in total. The average Bonchev–Trinajstić information content (AvgIpc) is 2.06. The molecule has 5 heteroatoms. The number of ether oxygens (including phenoxy) is 1. The summed E-state index contributed by atoms with van der Waals surface area (Å²) in [5.41, 5.74) is 0.751. The minimum Gasteiger partial charge on any atom is -0.435 e. The Balaban J connectivity index is 2.26. The van der Waals surface area contributed by atoms with Crippen molar-refractivity contribution in [1.82, 2.24) is 5.32 Å². The molecule has 0 radical (unpaired) electrons. The molecular weight excluding hydrogens is 224 g/mol. The first-order chi connectivity index (χ1) is 7.16. The van der Waals surface area contributed by atoms with Gasteiger partial charge in [-0.3, -0.25) is 0 Å². The van der Waals surface area contributed by atoms with Crippen molar-refractivity contribution in [1.29, 1.82) is 0 Å². The molecule has 15 heavy (non-hydrogen) atoms. The van der Waals surface area contributed by atoms with Crippen LogP contribution in [0.3, 0.4) is 0 Å². The molecule has 0 atom stereocenters. The van der Waals surface area contributed by atoms with E-state index < -0.39 is 6.61 Å². The van der Waals surface area contributed by atoms with Crippen LogP contribution >= 0.6 is 11.6 Å². The zero-order valence-corrected chi connectivity index (χ0v) is 8.60. The summed E-state index contributed by atoms with van der Waals surface area (Å²) < 4.78 is 28.7. The smallest absolute Gasteiger partial charge is 0.387 e. The maximum Gasteiger partial charge on any atom is 0.387 e. The highest BCUT2D eigenvalue weighted by Gasteiger charge is 2.23. The fraction of sp³-hybridized carbons (Fsp3) is 0.400. The van der Waals surface area contributed by atoms with Gasteiger partial charge in [-0.1, -0.05) is 11.6 Å². The van der Waals surface area contributed by atoms with E-state index in [9.17, 15) is 8.78 Å². The van der Waals surface area contributed by atoms with Gasteiger partial charge in [0, 0.05) is 29.6 Å². The highest BCUT2D eigenvalue weighted by molar-refractivity contribution is 6.30. The summed E-state index contributed by atoms with van der Waals surface area (Å²) in [6.07, 6.45) is 0. The lowest BCUT2D eigenvalue weighted by Crippen LogP contribution is -2.40. The molecule has 1 N–H and O–H groups in total. The number of hydrogen-bond acceptors (Lipinski definition) is 2. The lowest BCUT2D eigenvalue weighted by Gasteiger charge is -2.29. The van der Waals surface area contributed by atoms with Crippen molar-refractivity contribution >= 4 is 11.6 Å². The zero-order chi connectivity index (χ0) is 10.8. The van der Waals surface area contributed by atoms with E-state index in [1.165, 1.54) is 6.07 Å². The number of alkyl halides is 2. The molecule has 0 aromatic heterocycles. The van der Waals surface area contributed by atoms with E-state index in [-0.39, 0.29) is 11.7 Å². The van der Waals surface area contributed by atoms with Gasteiger partial charge in [-0.25, -0.2) is 0 Å². The van der Waals surface area contributed by atoms with Crippen LogP contribution in [0.15, 0.2) is 18.2 Å². The molecule has 1 fully saturated rings. The SMILES string of the molecule is FC(F)Oc1ccc(Cl)cc1C1CNC1.